The molecule has 0 atom stereocenters. The zero-order valence-corrected chi connectivity index (χ0v) is 9.68. The summed E-state index contributed by atoms with van der Waals surface area (Å²) in [6, 6.07) is 8.05. The van der Waals surface area contributed by atoms with Crippen LogP contribution >= 0.6 is 15.9 Å². The van der Waals surface area contributed by atoms with Crippen LogP contribution in [0.5, 0.6) is 0 Å². The van der Waals surface area contributed by atoms with Crippen molar-refractivity contribution >= 4 is 15.9 Å². The van der Waals surface area contributed by atoms with Gasteiger partial charge in [-0.15, -0.1) is 5.10 Å². The average Bonchev–Trinajstić information content (AvgIpc) is 2.69. The molecule has 5 heteroatoms. The summed E-state index contributed by atoms with van der Waals surface area (Å²) in [5.74, 6) is 0. The molecule has 0 fully saturated rings. The smallest absolute Gasteiger partial charge is 0.0962 e. The van der Waals surface area contributed by atoms with E-state index >= 15 is 0 Å². The maximum atomic E-state index is 5.46. The molecule has 4 nitrogen and oxygen atoms in total. The highest BCUT2D eigenvalue weighted by molar-refractivity contribution is 9.10. The molecule has 0 radical (unpaired) electrons. The predicted molar refractivity (Wildman–Crippen MR) is 61.2 cm³/mol. The van der Waals surface area contributed by atoms with Gasteiger partial charge in [0, 0.05) is 11.0 Å². The molecule has 0 aliphatic heterocycles. The Labute approximate surface area is 96.2 Å². The Bertz CT molecular complexity index is 452. The number of halogens is 1. The van der Waals surface area contributed by atoms with Crippen LogP contribution in [0.15, 0.2) is 34.9 Å². The lowest BCUT2D eigenvalue weighted by Gasteiger charge is -2.02. The number of benzene rings is 1. The lowest BCUT2D eigenvalue weighted by molar-refractivity contribution is 0.647. The molecule has 2 N–H and O–H groups in total. The number of hydrogen-bond acceptors (Lipinski definition) is 3. The van der Waals surface area contributed by atoms with Gasteiger partial charge < -0.3 is 5.73 Å². The first-order chi connectivity index (χ1) is 7.29. The van der Waals surface area contributed by atoms with Gasteiger partial charge in [-0.3, -0.25) is 0 Å². The molecule has 0 amide bonds. The van der Waals surface area contributed by atoms with Crippen molar-refractivity contribution in [3.8, 4) is 0 Å². The molecule has 0 unspecified atom stereocenters. The molecule has 1 aromatic heterocycles. The van der Waals surface area contributed by atoms with Gasteiger partial charge in [-0.25, -0.2) is 4.68 Å². The molecular formula is C10H11BrN4. The largest absolute Gasteiger partial charge is 0.325 e. The number of nitrogens with two attached hydrogens (primary N) is 1. The van der Waals surface area contributed by atoms with E-state index in [2.05, 4.69) is 26.2 Å². The van der Waals surface area contributed by atoms with E-state index in [1.165, 1.54) is 5.56 Å². The standard InChI is InChI=1S/C10H11BrN4/c11-10-4-2-1-3-8(10)6-15-7-9(5-12)13-14-15/h1-4,7H,5-6,12H2. The molecule has 2 aromatic rings. The summed E-state index contributed by atoms with van der Waals surface area (Å²) in [5, 5.41) is 7.92. The normalized spacial score (nSPS) is 10.5. The van der Waals surface area contributed by atoms with E-state index in [0.29, 0.717) is 13.1 Å². The van der Waals surface area contributed by atoms with Crippen molar-refractivity contribution in [1.29, 1.82) is 0 Å². The van der Waals surface area contributed by atoms with Crippen LogP contribution < -0.4 is 5.73 Å². The lowest BCUT2D eigenvalue weighted by Crippen LogP contribution is -2.01. The molecule has 0 aliphatic carbocycles. The minimum absolute atomic E-state index is 0.427. The van der Waals surface area contributed by atoms with E-state index < -0.39 is 0 Å². The van der Waals surface area contributed by atoms with Crippen molar-refractivity contribution in [2.75, 3.05) is 0 Å². The molecule has 0 spiro atoms. The number of nitrogens with zero attached hydrogens (tertiary/aromatic N) is 3. The van der Waals surface area contributed by atoms with Crippen molar-refractivity contribution in [3.05, 3.63) is 46.2 Å². The van der Waals surface area contributed by atoms with Gasteiger partial charge in [0.15, 0.2) is 0 Å². The minimum atomic E-state index is 0.427. The monoisotopic (exact) mass is 266 g/mol. The van der Waals surface area contributed by atoms with Crippen molar-refractivity contribution in [3.63, 3.8) is 0 Å². The van der Waals surface area contributed by atoms with Gasteiger partial charge in [-0.05, 0) is 11.6 Å². The van der Waals surface area contributed by atoms with Gasteiger partial charge in [0.05, 0.1) is 18.4 Å². The second kappa shape index (κ2) is 4.55. The molecular weight excluding hydrogens is 256 g/mol. The van der Waals surface area contributed by atoms with E-state index in [0.717, 1.165) is 10.2 Å². The Balaban J connectivity index is 2.18. The summed E-state index contributed by atoms with van der Waals surface area (Å²) in [4.78, 5) is 0. The van der Waals surface area contributed by atoms with Gasteiger partial charge in [0.25, 0.3) is 0 Å². The molecule has 0 saturated heterocycles. The predicted octanol–water partition coefficient (Wildman–Crippen LogP) is 1.55. The fraction of sp³-hybridized carbons (Fsp3) is 0.200. The van der Waals surface area contributed by atoms with E-state index in [4.69, 9.17) is 5.73 Å². The maximum absolute atomic E-state index is 5.46. The van der Waals surface area contributed by atoms with Crippen molar-refractivity contribution < 1.29 is 0 Å². The average molecular weight is 267 g/mol. The number of aromatic nitrogens is 3. The second-order valence-corrected chi connectivity index (χ2v) is 4.06. The van der Waals surface area contributed by atoms with Gasteiger partial charge in [-0.2, -0.15) is 0 Å². The van der Waals surface area contributed by atoms with Gasteiger partial charge in [-0.1, -0.05) is 39.3 Å². The van der Waals surface area contributed by atoms with E-state index in [-0.39, 0.29) is 0 Å². The highest BCUT2D eigenvalue weighted by Crippen LogP contribution is 2.16. The molecule has 1 aromatic carbocycles. The first-order valence-corrected chi connectivity index (χ1v) is 5.41. The molecule has 0 saturated carbocycles. The third-order valence-electron chi connectivity index (χ3n) is 2.09. The van der Waals surface area contributed by atoms with Crippen LogP contribution in [-0.2, 0) is 13.1 Å². The van der Waals surface area contributed by atoms with Crippen LogP contribution in [0.4, 0.5) is 0 Å². The third kappa shape index (κ3) is 2.43. The summed E-state index contributed by atoms with van der Waals surface area (Å²) in [6.45, 7) is 1.13. The van der Waals surface area contributed by atoms with E-state index in [1.54, 1.807) is 4.68 Å². The van der Waals surface area contributed by atoms with Gasteiger partial charge >= 0.3 is 0 Å². The molecule has 1 heterocycles. The summed E-state index contributed by atoms with van der Waals surface area (Å²) in [7, 11) is 0. The SMILES string of the molecule is NCc1cn(Cc2ccccc2Br)nn1. The Morgan fingerprint density at radius 3 is 2.80 bits per heavy atom. The van der Waals surface area contributed by atoms with Crippen LogP contribution in [0.25, 0.3) is 0 Å². The number of rotatable bonds is 3. The fourth-order valence-corrected chi connectivity index (χ4v) is 1.72. The third-order valence-corrected chi connectivity index (χ3v) is 2.86. The lowest BCUT2D eigenvalue weighted by atomic mass is 10.2. The van der Waals surface area contributed by atoms with Crippen molar-refractivity contribution in [1.82, 2.24) is 15.0 Å². The zero-order chi connectivity index (χ0) is 10.7. The quantitative estimate of drug-likeness (QED) is 0.917. The molecule has 0 aliphatic rings. The Morgan fingerprint density at radius 2 is 2.13 bits per heavy atom. The Kier molecular flexibility index (Phi) is 3.13. The highest BCUT2D eigenvalue weighted by atomic mass is 79.9. The molecule has 2 rings (SSSR count). The van der Waals surface area contributed by atoms with Gasteiger partial charge in [0.1, 0.15) is 0 Å². The van der Waals surface area contributed by atoms with Crippen LogP contribution in [0, 0.1) is 0 Å². The maximum Gasteiger partial charge on any atom is 0.0962 e. The van der Waals surface area contributed by atoms with Gasteiger partial charge in [0.2, 0.25) is 0 Å². The molecule has 15 heavy (non-hydrogen) atoms. The van der Waals surface area contributed by atoms with Crippen molar-refractivity contribution in [2.45, 2.75) is 13.1 Å². The minimum Gasteiger partial charge on any atom is -0.325 e. The topological polar surface area (TPSA) is 56.7 Å². The first kappa shape index (κ1) is 10.3. The molecule has 0 bridgehead atoms. The fourth-order valence-electron chi connectivity index (χ4n) is 1.31. The van der Waals surface area contributed by atoms with Crippen molar-refractivity contribution in [2.24, 2.45) is 5.73 Å². The zero-order valence-electron chi connectivity index (χ0n) is 8.10. The summed E-state index contributed by atoms with van der Waals surface area (Å²) in [5.41, 5.74) is 7.44. The molecule has 78 valence electrons. The van der Waals surface area contributed by atoms with E-state index in [9.17, 15) is 0 Å². The van der Waals surface area contributed by atoms with Crippen LogP contribution in [0.1, 0.15) is 11.3 Å². The summed E-state index contributed by atoms with van der Waals surface area (Å²) >= 11 is 3.49. The second-order valence-electron chi connectivity index (χ2n) is 3.20. The summed E-state index contributed by atoms with van der Waals surface area (Å²) in [6.07, 6.45) is 1.86. The first-order valence-electron chi connectivity index (χ1n) is 4.62. The van der Waals surface area contributed by atoms with Crippen LogP contribution in [0.3, 0.4) is 0 Å². The number of hydrogen-bond donors (Lipinski definition) is 1. The Hall–Kier alpha value is -1.20. The summed E-state index contributed by atoms with van der Waals surface area (Å²) < 4.78 is 2.86. The van der Waals surface area contributed by atoms with Crippen LogP contribution in [-0.4, -0.2) is 15.0 Å². The van der Waals surface area contributed by atoms with E-state index in [1.807, 2.05) is 30.5 Å². The Morgan fingerprint density at radius 1 is 1.33 bits per heavy atom. The van der Waals surface area contributed by atoms with Crippen LogP contribution in [0.2, 0.25) is 0 Å². The highest BCUT2D eigenvalue weighted by Gasteiger charge is 2.02.